The molecule has 0 amide bonds. The predicted molar refractivity (Wildman–Crippen MR) is 106 cm³/mol. The minimum Gasteiger partial charge on any atom is -0.497 e. The summed E-state index contributed by atoms with van der Waals surface area (Å²) in [7, 11) is 4.72. The van der Waals surface area contributed by atoms with Gasteiger partial charge in [0, 0.05) is 29.4 Å². The number of nitrogens with one attached hydrogen (secondary N) is 1. The Kier molecular flexibility index (Phi) is 5.46. The van der Waals surface area contributed by atoms with Gasteiger partial charge in [0.1, 0.15) is 27.9 Å². The molecule has 27 heavy (non-hydrogen) atoms. The van der Waals surface area contributed by atoms with Gasteiger partial charge in [-0.3, -0.25) is 4.79 Å². The van der Waals surface area contributed by atoms with Gasteiger partial charge in [0.25, 0.3) is 0 Å². The average Bonchev–Trinajstić information content (AvgIpc) is 3.06. The van der Waals surface area contributed by atoms with Crippen LogP contribution in [0.5, 0.6) is 17.2 Å². The van der Waals surface area contributed by atoms with E-state index in [1.54, 1.807) is 63.8 Å². The Morgan fingerprint density at radius 1 is 0.963 bits per heavy atom. The fraction of sp³-hybridized carbons (Fsp3) is 0.158. The molecule has 3 rings (SSSR count). The molecule has 2 aromatic carbocycles. The highest BCUT2D eigenvalue weighted by Crippen LogP contribution is 2.32. The number of benzene rings is 2. The van der Waals surface area contributed by atoms with E-state index in [9.17, 15) is 4.79 Å². The first-order chi connectivity index (χ1) is 13.0. The van der Waals surface area contributed by atoms with Crippen molar-refractivity contribution in [3.05, 3.63) is 52.9 Å². The number of methoxy groups -OCH3 is 3. The van der Waals surface area contributed by atoms with Crippen molar-refractivity contribution in [1.29, 1.82) is 0 Å². The van der Waals surface area contributed by atoms with Crippen LogP contribution in [0.1, 0.15) is 15.2 Å². The monoisotopic (exact) mass is 385 g/mol. The second-order valence-electron chi connectivity index (χ2n) is 5.52. The Labute approximate surface area is 160 Å². The molecular formula is C19H19N3O4S. The summed E-state index contributed by atoms with van der Waals surface area (Å²) in [4.78, 5) is 17.3. The van der Waals surface area contributed by atoms with Crippen LogP contribution in [0, 0.1) is 0 Å². The first kappa shape index (κ1) is 18.5. The lowest BCUT2D eigenvalue weighted by molar-refractivity contribution is 0.104. The Balaban J connectivity index is 1.84. The average molecular weight is 385 g/mol. The van der Waals surface area contributed by atoms with Gasteiger partial charge >= 0.3 is 0 Å². The van der Waals surface area contributed by atoms with E-state index < -0.39 is 0 Å². The zero-order chi connectivity index (χ0) is 19.4. The topological polar surface area (TPSA) is 95.7 Å². The normalized spacial score (nSPS) is 10.3. The Bertz CT molecular complexity index is 932. The van der Waals surface area contributed by atoms with E-state index in [0.29, 0.717) is 38.5 Å². The van der Waals surface area contributed by atoms with E-state index in [1.807, 2.05) is 0 Å². The van der Waals surface area contributed by atoms with Crippen molar-refractivity contribution in [1.82, 2.24) is 4.98 Å². The van der Waals surface area contributed by atoms with Crippen LogP contribution in [0.4, 0.5) is 16.6 Å². The van der Waals surface area contributed by atoms with E-state index in [1.165, 1.54) is 11.3 Å². The minimum atomic E-state index is -0.191. The zero-order valence-corrected chi connectivity index (χ0v) is 15.9. The summed E-state index contributed by atoms with van der Waals surface area (Å²) >= 11 is 1.18. The molecule has 3 aromatic rings. The standard InChI is InChI=1S/C19H19N3O4S/c1-24-13-6-4-11(5-7-13)16(23)17-18(20)22-19(27-17)21-12-8-14(25-2)10-15(9-12)26-3/h4-10H,20H2,1-3H3,(H,21,22). The van der Waals surface area contributed by atoms with Gasteiger partial charge in [0.05, 0.1) is 21.3 Å². The smallest absolute Gasteiger partial charge is 0.206 e. The molecule has 7 nitrogen and oxygen atoms in total. The van der Waals surface area contributed by atoms with E-state index in [-0.39, 0.29) is 11.6 Å². The third-order valence-electron chi connectivity index (χ3n) is 3.81. The molecule has 0 atom stereocenters. The van der Waals surface area contributed by atoms with Crippen molar-refractivity contribution >= 4 is 33.8 Å². The highest BCUT2D eigenvalue weighted by atomic mass is 32.1. The molecule has 0 aliphatic heterocycles. The highest BCUT2D eigenvalue weighted by molar-refractivity contribution is 7.18. The van der Waals surface area contributed by atoms with Crippen LogP contribution in [0.25, 0.3) is 0 Å². The molecule has 0 fully saturated rings. The summed E-state index contributed by atoms with van der Waals surface area (Å²) in [5, 5.41) is 3.63. The van der Waals surface area contributed by atoms with Crippen molar-refractivity contribution < 1.29 is 19.0 Å². The summed E-state index contributed by atoms with van der Waals surface area (Å²) < 4.78 is 15.6. The Hall–Kier alpha value is -3.26. The molecule has 140 valence electrons. The summed E-state index contributed by atoms with van der Waals surface area (Å²) in [6.07, 6.45) is 0. The van der Waals surface area contributed by atoms with Crippen molar-refractivity contribution in [2.24, 2.45) is 0 Å². The van der Waals surface area contributed by atoms with Crippen molar-refractivity contribution in [3.8, 4) is 17.2 Å². The van der Waals surface area contributed by atoms with Crippen LogP contribution >= 0.6 is 11.3 Å². The predicted octanol–water partition coefficient (Wildman–Crippen LogP) is 3.73. The SMILES string of the molecule is COc1ccc(C(=O)c2sc(Nc3cc(OC)cc(OC)c3)nc2N)cc1. The second-order valence-corrected chi connectivity index (χ2v) is 6.52. The summed E-state index contributed by atoms with van der Waals surface area (Å²) in [6, 6.07) is 12.2. The fourth-order valence-electron chi connectivity index (χ4n) is 2.42. The molecule has 1 heterocycles. The highest BCUT2D eigenvalue weighted by Gasteiger charge is 2.18. The number of anilines is 3. The number of ketones is 1. The lowest BCUT2D eigenvalue weighted by Crippen LogP contribution is -2.02. The maximum atomic E-state index is 12.7. The molecule has 0 aliphatic carbocycles. The third-order valence-corrected chi connectivity index (χ3v) is 4.80. The second kappa shape index (κ2) is 7.96. The molecule has 0 spiro atoms. The largest absolute Gasteiger partial charge is 0.497 e. The molecule has 0 radical (unpaired) electrons. The molecule has 3 N–H and O–H groups in total. The number of carbonyl (C=O) groups is 1. The number of ether oxygens (including phenoxy) is 3. The van der Waals surface area contributed by atoms with Gasteiger partial charge in [-0.25, -0.2) is 4.98 Å². The van der Waals surface area contributed by atoms with Gasteiger partial charge < -0.3 is 25.3 Å². The number of rotatable bonds is 7. The Morgan fingerprint density at radius 3 is 2.11 bits per heavy atom. The van der Waals surface area contributed by atoms with E-state index in [4.69, 9.17) is 19.9 Å². The fourth-order valence-corrected chi connectivity index (χ4v) is 3.29. The molecule has 0 saturated heterocycles. The Morgan fingerprint density at radius 2 is 1.56 bits per heavy atom. The van der Waals surface area contributed by atoms with Crippen molar-refractivity contribution in [2.45, 2.75) is 0 Å². The third kappa shape index (κ3) is 4.12. The maximum Gasteiger partial charge on any atom is 0.206 e. The van der Waals surface area contributed by atoms with Crippen LogP contribution in [0.3, 0.4) is 0 Å². The van der Waals surface area contributed by atoms with Crippen LogP contribution in [0.2, 0.25) is 0 Å². The summed E-state index contributed by atoms with van der Waals surface area (Å²) in [5.41, 5.74) is 7.19. The van der Waals surface area contributed by atoms with Crippen molar-refractivity contribution in [2.75, 3.05) is 32.4 Å². The van der Waals surface area contributed by atoms with E-state index >= 15 is 0 Å². The van der Waals surface area contributed by atoms with Gasteiger partial charge in [-0.2, -0.15) is 0 Å². The number of aromatic nitrogens is 1. The van der Waals surface area contributed by atoms with Crippen LogP contribution < -0.4 is 25.3 Å². The molecule has 0 bridgehead atoms. The van der Waals surface area contributed by atoms with E-state index in [2.05, 4.69) is 10.3 Å². The van der Waals surface area contributed by atoms with Gasteiger partial charge in [-0.05, 0) is 24.3 Å². The van der Waals surface area contributed by atoms with Crippen LogP contribution in [0.15, 0.2) is 42.5 Å². The summed E-state index contributed by atoms with van der Waals surface area (Å²) in [6.45, 7) is 0. The first-order valence-corrected chi connectivity index (χ1v) is 8.81. The van der Waals surface area contributed by atoms with Crippen LogP contribution in [-0.2, 0) is 0 Å². The molecule has 1 aromatic heterocycles. The summed E-state index contributed by atoms with van der Waals surface area (Å²) in [5.74, 6) is 1.94. The van der Waals surface area contributed by atoms with Gasteiger partial charge in [-0.1, -0.05) is 11.3 Å². The van der Waals surface area contributed by atoms with Crippen LogP contribution in [-0.4, -0.2) is 32.1 Å². The van der Waals surface area contributed by atoms with Gasteiger partial charge in [0.2, 0.25) is 5.78 Å². The zero-order valence-electron chi connectivity index (χ0n) is 15.1. The molecule has 0 saturated carbocycles. The number of nitrogens with zero attached hydrogens (tertiary/aromatic N) is 1. The van der Waals surface area contributed by atoms with Crippen molar-refractivity contribution in [3.63, 3.8) is 0 Å². The molecule has 0 aliphatic rings. The maximum absolute atomic E-state index is 12.7. The number of hydrogen-bond acceptors (Lipinski definition) is 8. The quantitative estimate of drug-likeness (QED) is 0.598. The van der Waals surface area contributed by atoms with Gasteiger partial charge in [0.15, 0.2) is 5.13 Å². The number of thiazole rings is 1. The molecule has 8 heteroatoms. The molecular weight excluding hydrogens is 366 g/mol. The van der Waals surface area contributed by atoms with Gasteiger partial charge in [-0.15, -0.1) is 0 Å². The minimum absolute atomic E-state index is 0.179. The van der Waals surface area contributed by atoms with E-state index in [0.717, 1.165) is 0 Å². The lowest BCUT2D eigenvalue weighted by atomic mass is 10.1. The number of carbonyl (C=O) groups excluding carboxylic acids is 1. The number of hydrogen-bond donors (Lipinski definition) is 2. The molecule has 0 unspecified atom stereocenters. The first-order valence-electron chi connectivity index (χ1n) is 7.99. The lowest BCUT2D eigenvalue weighted by Gasteiger charge is -2.08. The number of nitrogens with two attached hydrogens (primary N) is 1. The number of nitrogen functional groups attached to an aromatic ring is 1.